The summed E-state index contributed by atoms with van der Waals surface area (Å²) < 4.78 is 18.4. The Hall–Kier alpha value is -1.05. The molecule has 2 rings (SSSR count). The maximum absolute atomic E-state index is 12.7. The summed E-state index contributed by atoms with van der Waals surface area (Å²) >= 11 is 0. The fourth-order valence-corrected chi connectivity index (χ4v) is 2.07. The van der Waals surface area contributed by atoms with Crippen LogP contribution in [0, 0.1) is 17.2 Å². The van der Waals surface area contributed by atoms with Gasteiger partial charge in [0.15, 0.2) is 0 Å². The van der Waals surface area contributed by atoms with Gasteiger partial charge in [-0.2, -0.15) is 0 Å². The predicted octanol–water partition coefficient (Wildman–Crippen LogP) is 4.03. The van der Waals surface area contributed by atoms with Gasteiger partial charge < -0.3 is 4.74 Å². The van der Waals surface area contributed by atoms with E-state index in [0.717, 1.165) is 24.5 Å². The first kappa shape index (κ1) is 11.4. The summed E-state index contributed by atoms with van der Waals surface area (Å²) in [6.07, 6.45) is 2.54. The number of halogens is 1. The molecule has 0 N–H and O–H groups in total. The van der Waals surface area contributed by atoms with E-state index in [-0.39, 0.29) is 5.82 Å². The van der Waals surface area contributed by atoms with Gasteiger partial charge >= 0.3 is 0 Å². The molecule has 1 aliphatic carbocycles. The van der Waals surface area contributed by atoms with Gasteiger partial charge in [-0.1, -0.05) is 20.8 Å². The topological polar surface area (TPSA) is 9.23 Å². The van der Waals surface area contributed by atoms with Gasteiger partial charge in [0, 0.05) is 0 Å². The van der Waals surface area contributed by atoms with Crippen LogP contribution in [0.25, 0.3) is 0 Å². The van der Waals surface area contributed by atoms with Crippen molar-refractivity contribution in [2.45, 2.75) is 39.7 Å². The van der Waals surface area contributed by atoms with Gasteiger partial charge in [0.25, 0.3) is 0 Å². The molecule has 1 aromatic rings. The first-order valence-electron chi connectivity index (χ1n) is 5.87. The minimum atomic E-state index is -0.214. The highest BCUT2D eigenvalue weighted by molar-refractivity contribution is 5.22. The Labute approximate surface area is 96.6 Å². The van der Waals surface area contributed by atoms with Gasteiger partial charge in [-0.3, -0.25) is 0 Å². The molecule has 0 unspecified atom stereocenters. The normalized spacial score (nSPS) is 25.0. The monoisotopic (exact) mass is 222 g/mol. The minimum absolute atomic E-state index is 0.214. The zero-order chi connectivity index (χ0) is 11.8. The van der Waals surface area contributed by atoms with Crippen molar-refractivity contribution >= 4 is 0 Å². The van der Waals surface area contributed by atoms with E-state index in [1.54, 1.807) is 12.1 Å². The van der Waals surface area contributed by atoms with Gasteiger partial charge in [0.1, 0.15) is 11.6 Å². The van der Waals surface area contributed by atoms with Crippen LogP contribution < -0.4 is 4.74 Å². The summed E-state index contributed by atoms with van der Waals surface area (Å²) in [6.45, 7) is 6.81. The molecule has 0 heterocycles. The van der Waals surface area contributed by atoms with Crippen molar-refractivity contribution in [3.8, 4) is 5.75 Å². The molecule has 0 aliphatic heterocycles. The smallest absolute Gasteiger partial charge is 0.123 e. The summed E-state index contributed by atoms with van der Waals surface area (Å²) in [6, 6.07) is 6.27. The molecule has 1 nitrogen and oxygen atoms in total. The van der Waals surface area contributed by atoms with Crippen LogP contribution in [0.2, 0.25) is 0 Å². The van der Waals surface area contributed by atoms with E-state index in [9.17, 15) is 4.39 Å². The van der Waals surface area contributed by atoms with Gasteiger partial charge in [-0.05, 0) is 48.4 Å². The zero-order valence-corrected chi connectivity index (χ0v) is 10.2. The van der Waals surface area contributed by atoms with Gasteiger partial charge in [-0.25, -0.2) is 4.39 Å². The summed E-state index contributed by atoms with van der Waals surface area (Å²) in [4.78, 5) is 0. The molecule has 1 aromatic carbocycles. The number of hydrogen-bond acceptors (Lipinski definition) is 1. The van der Waals surface area contributed by atoms with Crippen LogP contribution in [0.15, 0.2) is 24.3 Å². The largest absolute Gasteiger partial charge is 0.490 e. The molecule has 0 radical (unpaired) electrons. The SMILES string of the molecule is CC(C)(C)[C@H]1C[C@@H](Oc2ccc(F)cc2)C1. The van der Waals surface area contributed by atoms with Crippen LogP contribution in [-0.4, -0.2) is 6.10 Å². The fraction of sp³-hybridized carbons (Fsp3) is 0.571. The van der Waals surface area contributed by atoms with Gasteiger partial charge in [0.05, 0.1) is 6.10 Å². The maximum atomic E-state index is 12.7. The maximum Gasteiger partial charge on any atom is 0.123 e. The average molecular weight is 222 g/mol. The molecule has 0 spiro atoms. The van der Waals surface area contributed by atoms with Crippen molar-refractivity contribution in [3.63, 3.8) is 0 Å². The molecule has 88 valence electrons. The molecule has 1 fully saturated rings. The summed E-state index contributed by atoms with van der Waals surface area (Å²) in [7, 11) is 0. The Morgan fingerprint density at radius 2 is 1.69 bits per heavy atom. The van der Waals surface area contributed by atoms with E-state index in [1.807, 2.05) is 0 Å². The lowest BCUT2D eigenvalue weighted by Crippen LogP contribution is -2.40. The zero-order valence-electron chi connectivity index (χ0n) is 10.2. The second-order valence-electron chi connectivity index (χ2n) is 5.73. The van der Waals surface area contributed by atoms with E-state index in [4.69, 9.17) is 4.74 Å². The molecular formula is C14H19FO. The van der Waals surface area contributed by atoms with Crippen molar-refractivity contribution in [1.29, 1.82) is 0 Å². The molecule has 0 saturated heterocycles. The number of rotatable bonds is 2. The van der Waals surface area contributed by atoms with E-state index in [2.05, 4.69) is 20.8 Å². The van der Waals surface area contributed by atoms with Crippen molar-refractivity contribution in [2.75, 3.05) is 0 Å². The van der Waals surface area contributed by atoms with Crippen LogP contribution >= 0.6 is 0 Å². The Balaban J connectivity index is 1.84. The molecule has 0 aromatic heterocycles. The van der Waals surface area contributed by atoms with Crippen molar-refractivity contribution in [3.05, 3.63) is 30.1 Å². The van der Waals surface area contributed by atoms with Crippen LogP contribution in [0.3, 0.4) is 0 Å². The molecule has 16 heavy (non-hydrogen) atoms. The van der Waals surface area contributed by atoms with Gasteiger partial charge in [-0.15, -0.1) is 0 Å². The third kappa shape index (κ3) is 2.55. The Morgan fingerprint density at radius 3 is 2.19 bits per heavy atom. The summed E-state index contributed by atoms with van der Waals surface area (Å²) in [5.74, 6) is 1.31. The number of ether oxygens (including phenoxy) is 1. The van der Waals surface area contributed by atoms with E-state index in [0.29, 0.717) is 11.5 Å². The lowest BCUT2D eigenvalue weighted by molar-refractivity contribution is 0.00729. The highest BCUT2D eigenvalue weighted by Crippen LogP contribution is 2.42. The molecular weight excluding hydrogens is 203 g/mol. The third-order valence-electron chi connectivity index (χ3n) is 3.44. The Kier molecular flexibility index (Phi) is 2.92. The lowest BCUT2D eigenvalue weighted by atomic mass is 9.67. The van der Waals surface area contributed by atoms with E-state index in [1.165, 1.54) is 12.1 Å². The van der Waals surface area contributed by atoms with Crippen LogP contribution in [0.1, 0.15) is 33.6 Å². The first-order chi connectivity index (χ1) is 7.45. The van der Waals surface area contributed by atoms with E-state index >= 15 is 0 Å². The standard InChI is InChI=1S/C14H19FO/c1-14(2,3)10-8-13(9-10)16-12-6-4-11(15)5-7-12/h4-7,10,13H,8-9H2,1-3H3/t10-,13+. The Morgan fingerprint density at radius 1 is 1.12 bits per heavy atom. The highest BCUT2D eigenvalue weighted by Gasteiger charge is 2.38. The summed E-state index contributed by atoms with van der Waals surface area (Å²) in [5.41, 5.74) is 0.378. The summed E-state index contributed by atoms with van der Waals surface area (Å²) in [5, 5.41) is 0. The predicted molar refractivity (Wildman–Crippen MR) is 63.0 cm³/mol. The number of benzene rings is 1. The van der Waals surface area contributed by atoms with Crippen LogP contribution in [0.5, 0.6) is 5.75 Å². The second-order valence-corrected chi connectivity index (χ2v) is 5.73. The lowest BCUT2D eigenvalue weighted by Gasteiger charge is -2.43. The van der Waals surface area contributed by atoms with Crippen LogP contribution in [0.4, 0.5) is 4.39 Å². The molecule has 0 atom stereocenters. The molecule has 1 saturated carbocycles. The molecule has 1 aliphatic rings. The molecule has 2 heteroatoms. The first-order valence-corrected chi connectivity index (χ1v) is 5.87. The van der Waals surface area contributed by atoms with Crippen molar-refractivity contribution in [1.82, 2.24) is 0 Å². The highest BCUT2D eigenvalue weighted by atomic mass is 19.1. The average Bonchev–Trinajstić information content (AvgIpc) is 2.11. The van der Waals surface area contributed by atoms with Gasteiger partial charge in [0.2, 0.25) is 0 Å². The third-order valence-corrected chi connectivity index (χ3v) is 3.44. The Bertz CT molecular complexity index is 344. The molecule has 0 bridgehead atoms. The second kappa shape index (κ2) is 4.08. The fourth-order valence-electron chi connectivity index (χ4n) is 2.07. The van der Waals surface area contributed by atoms with Crippen molar-refractivity contribution in [2.24, 2.45) is 11.3 Å². The van der Waals surface area contributed by atoms with E-state index < -0.39 is 0 Å². The number of hydrogen-bond donors (Lipinski definition) is 0. The minimum Gasteiger partial charge on any atom is -0.490 e. The molecule has 0 amide bonds. The van der Waals surface area contributed by atoms with Crippen molar-refractivity contribution < 1.29 is 9.13 Å². The van der Waals surface area contributed by atoms with Crippen LogP contribution in [-0.2, 0) is 0 Å². The quantitative estimate of drug-likeness (QED) is 0.734.